The van der Waals surface area contributed by atoms with Gasteiger partial charge >= 0.3 is 0 Å². The topological polar surface area (TPSA) is 144 Å². The molecular weight excluding hydrogens is 472 g/mol. The van der Waals surface area contributed by atoms with E-state index in [4.69, 9.17) is 15.5 Å². The molecule has 1 fully saturated rings. The molecule has 4 N–H and O–H groups in total. The fourth-order valence-corrected chi connectivity index (χ4v) is 4.74. The number of pyridine rings is 1. The van der Waals surface area contributed by atoms with Gasteiger partial charge in [-0.2, -0.15) is 10.1 Å². The Morgan fingerprint density at radius 3 is 2.70 bits per heavy atom. The van der Waals surface area contributed by atoms with Crippen molar-refractivity contribution in [2.45, 2.75) is 70.9 Å². The molecule has 0 bridgehead atoms. The fourth-order valence-electron chi connectivity index (χ4n) is 4.74. The van der Waals surface area contributed by atoms with Gasteiger partial charge in [0.15, 0.2) is 5.82 Å². The van der Waals surface area contributed by atoms with E-state index in [-0.39, 0.29) is 24.2 Å². The molecule has 11 nitrogen and oxygen atoms in total. The largest absolute Gasteiger partial charge is 0.495 e. The van der Waals surface area contributed by atoms with Crippen LogP contribution in [0.4, 0.5) is 11.8 Å². The summed E-state index contributed by atoms with van der Waals surface area (Å²) in [6.45, 7) is 7.97. The van der Waals surface area contributed by atoms with Crippen LogP contribution in [0.1, 0.15) is 70.1 Å². The number of fused-ring (bicyclic) bond motifs is 1. The lowest BCUT2D eigenvalue weighted by atomic mass is 9.89. The lowest BCUT2D eigenvalue weighted by molar-refractivity contribution is -0.136. The van der Waals surface area contributed by atoms with Gasteiger partial charge in [-0.05, 0) is 50.7 Å². The first-order chi connectivity index (χ1) is 17.7. The van der Waals surface area contributed by atoms with Gasteiger partial charge in [-0.1, -0.05) is 13.3 Å². The molecule has 11 heteroatoms. The highest BCUT2D eigenvalue weighted by Gasteiger charge is 2.28. The van der Waals surface area contributed by atoms with Crippen LogP contribution >= 0.6 is 0 Å². The van der Waals surface area contributed by atoms with E-state index in [1.54, 1.807) is 27.2 Å². The summed E-state index contributed by atoms with van der Waals surface area (Å²) in [7, 11) is 1.64. The smallest absolute Gasteiger partial charge is 0.225 e. The first-order valence-electron chi connectivity index (χ1n) is 12.9. The maximum Gasteiger partial charge on any atom is 0.225 e. The SMILES string of the molecule is CCCCNc1nc(N)nc2cnn(Cc3ncc(C4CCN(C(=O)CC(C)(C)O)CC4)cc3OC)c12. The Balaban J connectivity index is 1.49. The molecule has 0 spiro atoms. The number of hydrogen-bond acceptors (Lipinski definition) is 9. The van der Waals surface area contributed by atoms with Gasteiger partial charge in [0.05, 0.1) is 31.9 Å². The zero-order valence-electron chi connectivity index (χ0n) is 22.2. The Labute approximate surface area is 217 Å². The Kier molecular flexibility index (Phi) is 8.11. The van der Waals surface area contributed by atoms with Crippen molar-refractivity contribution >= 4 is 28.7 Å². The number of nitrogens with two attached hydrogens (primary N) is 1. The maximum atomic E-state index is 12.5. The van der Waals surface area contributed by atoms with Crippen LogP contribution in [0.25, 0.3) is 11.0 Å². The van der Waals surface area contributed by atoms with Crippen LogP contribution in [-0.4, -0.2) is 73.0 Å². The molecule has 4 rings (SSSR count). The highest BCUT2D eigenvalue weighted by Crippen LogP contribution is 2.32. The van der Waals surface area contributed by atoms with Crippen molar-refractivity contribution in [1.29, 1.82) is 0 Å². The number of aliphatic hydroxyl groups is 1. The highest BCUT2D eigenvalue weighted by molar-refractivity contribution is 5.86. The number of anilines is 2. The molecule has 3 aromatic heterocycles. The van der Waals surface area contributed by atoms with Crippen LogP contribution in [0.15, 0.2) is 18.5 Å². The van der Waals surface area contributed by atoms with E-state index in [0.29, 0.717) is 36.7 Å². The molecule has 1 aliphatic heterocycles. The van der Waals surface area contributed by atoms with E-state index in [0.717, 1.165) is 49.0 Å². The number of nitrogens with one attached hydrogen (secondary N) is 1. The third-order valence-corrected chi connectivity index (χ3v) is 6.70. The van der Waals surface area contributed by atoms with Crippen molar-refractivity contribution in [3.05, 3.63) is 29.7 Å². The number of unbranched alkanes of at least 4 members (excludes halogenated alkanes) is 1. The summed E-state index contributed by atoms with van der Waals surface area (Å²) in [6, 6.07) is 2.04. The summed E-state index contributed by atoms with van der Waals surface area (Å²) in [5.74, 6) is 1.85. The first-order valence-corrected chi connectivity index (χ1v) is 12.9. The number of carbonyl (C=O) groups is 1. The Morgan fingerprint density at radius 1 is 1.27 bits per heavy atom. The van der Waals surface area contributed by atoms with Gasteiger partial charge in [-0.15, -0.1) is 0 Å². The lowest BCUT2D eigenvalue weighted by Gasteiger charge is -2.33. The van der Waals surface area contributed by atoms with E-state index in [2.05, 4.69) is 27.3 Å². The number of methoxy groups -OCH3 is 1. The first kappa shape index (κ1) is 26.6. The number of likely N-dealkylation sites (tertiary alicyclic amines) is 1. The van der Waals surface area contributed by atoms with E-state index in [9.17, 15) is 9.90 Å². The number of amides is 1. The molecular formula is C26H38N8O3. The van der Waals surface area contributed by atoms with Gasteiger partial charge in [0.25, 0.3) is 0 Å². The number of nitrogen functional groups attached to an aromatic ring is 1. The normalized spacial score (nSPS) is 14.8. The number of ether oxygens (including phenoxy) is 1. The average molecular weight is 511 g/mol. The number of aromatic nitrogens is 5. The summed E-state index contributed by atoms with van der Waals surface area (Å²) < 4.78 is 7.54. The molecule has 37 heavy (non-hydrogen) atoms. The molecule has 0 aliphatic carbocycles. The number of hydrogen-bond donors (Lipinski definition) is 3. The lowest BCUT2D eigenvalue weighted by Crippen LogP contribution is -2.41. The maximum absolute atomic E-state index is 12.5. The number of nitrogens with zero attached hydrogens (tertiary/aromatic N) is 6. The monoisotopic (exact) mass is 510 g/mol. The average Bonchev–Trinajstić information content (AvgIpc) is 3.25. The molecule has 4 heterocycles. The summed E-state index contributed by atoms with van der Waals surface area (Å²) in [6.07, 6.45) is 7.50. The van der Waals surface area contributed by atoms with Gasteiger partial charge in [0.2, 0.25) is 11.9 Å². The second-order valence-electron chi connectivity index (χ2n) is 10.3. The zero-order valence-corrected chi connectivity index (χ0v) is 22.2. The quantitative estimate of drug-likeness (QED) is 0.351. The summed E-state index contributed by atoms with van der Waals surface area (Å²) in [4.78, 5) is 27.8. The van der Waals surface area contributed by atoms with E-state index in [1.165, 1.54) is 0 Å². The Bertz CT molecular complexity index is 1230. The molecule has 0 unspecified atom stereocenters. The van der Waals surface area contributed by atoms with Crippen LogP contribution in [-0.2, 0) is 11.3 Å². The third kappa shape index (κ3) is 6.46. The van der Waals surface area contributed by atoms with E-state index in [1.807, 2.05) is 21.8 Å². The molecule has 0 aromatic carbocycles. The van der Waals surface area contributed by atoms with Crippen LogP contribution in [0.5, 0.6) is 5.75 Å². The predicted octanol–water partition coefficient (Wildman–Crippen LogP) is 2.94. The summed E-state index contributed by atoms with van der Waals surface area (Å²) >= 11 is 0. The Morgan fingerprint density at radius 2 is 2.03 bits per heavy atom. The third-order valence-electron chi connectivity index (χ3n) is 6.70. The van der Waals surface area contributed by atoms with Crippen LogP contribution < -0.4 is 15.8 Å². The molecule has 1 amide bonds. The van der Waals surface area contributed by atoms with Gasteiger partial charge in [0, 0.05) is 25.8 Å². The van der Waals surface area contributed by atoms with Crippen molar-refractivity contribution in [3.63, 3.8) is 0 Å². The van der Waals surface area contributed by atoms with E-state index >= 15 is 0 Å². The number of piperidine rings is 1. The van der Waals surface area contributed by atoms with Crippen molar-refractivity contribution < 1.29 is 14.6 Å². The summed E-state index contributed by atoms with van der Waals surface area (Å²) in [5.41, 5.74) is 8.22. The van der Waals surface area contributed by atoms with Gasteiger partial charge in [0.1, 0.15) is 22.5 Å². The van der Waals surface area contributed by atoms with Crippen LogP contribution in [0.3, 0.4) is 0 Å². The molecule has 1 saturated heterocycles. The van der Waals surface area contributed by atoms with Crippen LogP contribution in [0.2, 0.25) is 0 Å². The fraction of sp³-hybridized carbons (Fsp3) is 0.577. The second-order valence-corrected chi connectivity index (χ2v) is 10.3. The van der Waals surface area contributed by atoms with Gasteiger partial charge in [-0.3, -0.25) is 14.5 Å². The van der Waals surface area contributed by atoms with Crippen molar-refractivity contribution in [2.75, 3.05) is 37.8 Å². The highest BCUT2D eigenvalue weighted by atomic mass is 16.5. The molecule has 0 saturated carbocycles. The molecule has 200 valence electrons. The molecule has 0 radical (unpaired) electrons. The van der Waals surface area contributed by atoms with Crippen molar-refractivity contribution in [2.24, 2.45) is 0 Å². The summed E-state index contributed by atoms with van der Waals surface area (Å²) in [5, 5.41) is 17.9. The molecule has 0 atom stereocenters. The molecule has 1 aliphatic rings. The minimum absolute atomic E-state index is 0.00209. The van der Waals surface area contributed by atoms with E-state index < -0.39 is 5.60 Å². The number of rotatable bonds is 10. The standard InChI is InChI=1S/C26H38N8O3/c1-5-6-9-28-24-23-19(31-25(27)32-24)15-30-34(23)16-20-21(37-4)12-18(14-29-20)17-7-10-33(11-8-17)22(35)13-26(2,3)36/h12,14-15,17,36H,5-11,13,16H2,1-4H3,(H3,27,28,31,32). The Hall–Kier alpha value is -3.47. The zero-order chi connectivity index (χ0) is 26.6. The van der Waals surface area contributed by atoms with Crippen molar-refractivity contribution in [3.8, 4) is 5.75 Å². The minimum Gasteiger partial charge on any atom is -0.495 e. The van der Waals surface area contributed by atoms with Gasteiger partial charge < -0.3 is 25.8 Å². The minimum atomic E-state index is -0.994. The predicted molar refractivity (Wildman–Crippen MR) is 142 cm³/mol. The van der Waals surface area contributed by atoms with Crippen LogP contribution in [0, 0.1) is 0 Å². The number of carbonyl (C=O) groups excluding carboxylic acids is 1. The second kappa shape index (κ2) is 11.3. The van der Waals surface area contributed by atoms with Gasteiger partial charge in [-0.25, -0.2) is 4.98 Å². The van der Waals surface area contributed by atoms with Crippen molar-refractivity contribution in [1.82, 2.24) is 29.6 Å². The molecule has 3 aromatic rings.